The Hall–Kier alpha value is -2.90. The predicted molar refractivity (Wildman–Crippen MR) is 91.7 cm³/mol. The number of aromatic nitrogens is 2. The number of rotatable bonds is 8. The second-order valence-corrected chi connectivity index (χ2v) is 5.47. The summed E-state index contributed by atoms with van der Waals surface area (Å²) < 4.78 is 15.7. The van der Waals surface area contributed by atoms with Crippen molar-refractivity contribution in [1.82, 2.24) is 25.5 Å². The fourth-order valence-electron chi connectivity index (χ4n) is 2.16. The summed E-state index contributed by atoms with van der Waals surface area (Å²) in [6.45, 7) is 3.03. The summed E-state index contributed by atoms with van der Waals surface area (Å²) in [4.78, 5) is 27.0. The van der Waals surface area contributed by atoms with Crippen LogP contribution in [0.3, 0.4) is 0 Å². The van der Waals surface area contributed by atoms with Crippen LogP contribution in [-0.4, -0.2) is 34.6 Å². The Morgan fingerprint density at radius 2 is 2.04 bits per heavy atom. The molecule has 0 fully saturated rings. The lowest BCUT2D eigenvalue weighted by Gasteiger charge is -2.09. The molecule has 0 aliphatic heterocycles. The summed E-state index contributed by atoms with van der Waals surface area (Å²) in [5.74, 6) is -0.496. The number of imidazole rings is 1. The third-order valence-electron chi connectivity index (χ3n) is 3.46. The zero-order valence-corrected chi connectivity index (χ0v) is 14.1. The van der Waals surface area contributed by atoms with Gasteiger partial charge in [-0.1, -0.05) is 13.0 Å². The summed E-state index contributed by atoms with van der Waals surface area (Å²) in [6, 6.07) is 4.33. The molecule has 1 heterocycles. The molecule has 0 aliphatic carbocycles. The maximum Gasteiger partial charge on any atom is 0.315 e. The molecule has 0 spiro atoms. The quantitative estimate of drug-likeness (QED) is 0.679. The lowest BCUT2D eigenvalue weighted by atomic mass is 10.2. The molecule has 2 aromatic rings. The highest BCUT2D eigenvalue weighted by Gasteiger charge is 2.07. The first kappa shape index (κ1) is 18.4. The Bertz CT molecular complexity index is 703. The van der Waals surface area contributed by atoms with Gasteiger partial charge >= 0.3 is 6.03 Å². The van der Waals surface area contributed by atoms with Crippen molar-refractivity contribution in [3.63, 3.8) is 0 Å². The molecule has 0 bridgehead atoms. The molecule has 2 rings (SSSR count). The first-order chi connectivity index (χ1) is 12.1. The number of halogens is 1. The van der Waals surface area contributed by atoms with Crippen LogP contribution in [0.25, 0.3) is 5.69 Å². The highest BCUT2D eigenvalue weighted by Crippen LogP contribution is 2.14. The van der Waals surface area contributed by atoms with Gasteiger partial charge in [-0.05, 0) is 24.1 Å². The van der Waals surface area contributed by atoms with Gasteiger partial charge in [-0.15, -0.1) is 0 Å². The molecular weight excluding hydrogens is 325 g/mol. The van der Waals surface area contributed by atoms with E-state index >= 15 is 0 Å². The van der Waals surface area contributed by atoms with Crippen LogP contribution < -0.4 is 16.0 Å². The van der Waals surface area contributed by atoms with Gasteiger partial charge in [-0.25, -0.2) is 14.2 Å². The molecule has 0 unspecified atom stereocenters. The van der Waals surface area contributed by atoms with E-state index in [9.17, 15) is 14.0 Å². The SMILES string of the molecule is CCCNC(=O)CCNC(=O)NCc1ccc(-n2ccnc2)c(F)c1. The van der Waals surface area contributed by atoms with Crippen LogP contribution >= 0.6 is 0 Å². The Kier molecular flexibility index (Phi) is 6.94. The minimum absolute atomic E-state index is 0.0979. The Morgan fingerprint density at radius 1 is 1.20 bits per heavy atom. The molecular formula is C17H22FN5O2. The van der Waals surface area contributed by atoms with E-state index in [2.05, 4.69) is 20.9 Å². The van der Waals surface area contributed by atoms with Gasteiger partial charge in [-0.3, -0.25) is 4.79 Å². The van der Waals surface area contributed by atoms with Crippen LogP contribution in [0, 0.1) is 5.82 Å². The fourth-order valence-corrected chi connectivity index (χ4v) is 2.16. The average Bonchev–Trinajstić information content (AvgIpc) is 3.12. The monoisotopic (exact) mass is 347 g/mol. The van der Waals surface area contributed by atoms with Crippen molar-refractivity contribution in [1.29, 1.82) is 0 Å². The third-order valence-corrected chi connectivity index (χ3v) is 3.46. The van der Waals surface area contributed by atoms with Gasteiger partial charge in [-0.2, -0.15) is 0 Å². The molecule has 7 nitrogen and oxygen atoms in total. The number of benzene rings is 1. The lowest BCUT2D eigenvalue weighted by molar-refractivity contribution is -0.120. The molecule has 1 aromatic carbocycles. The van der Waals surface area contributed by atoms with E-state index in [1.54, 1.807) is 29.1 Å². The number of hydrogen-bond donors (Lipinski definition) is 3. The van der Waals surface area contributed by atoms with E-state index in [0.717, 1.165) is 6.42 Å². The van der Waals surface area contributed by atoms with E-state index < -0.39 is 11.8 Å². The number of nitrogens with one attached hydrogen (secondary N) is 3. The Labute approximate surface area is 145 Å². The smallest absolute Gasteiger partial charge is 0.315 e. The van der Waals surface area contributed by atoms with Gasteiger partial charge in [0, 0.05) is 38.4 Å². The van der Waals surface area contributed by atoms with Crippen molar-refractivity contribution in [2.24, 2.45) is 0 Å². The molecule has 25 heavy (non-hydrogen) atoms. The maximum atomic E-state index is 14.1. The number of amides is 3. The van der Waals surface area contributed by atoms with Crippen LogP contribution in [0.5, 0.6) is 0 Å². The molecule has 3 amide bonds. The summed E-state index contributed by atoms with van der Waals surface area (Å²) in [6.07, 6.45) is 5.83. The first-order valence-electron chi connectivity index (χ1n) is 8.15. The molecule has 1 aromatic heterocycles. The highest BCUT2D eigenvalue weighted by molar-refractivity contribution is 5.78. The van der Waals surface area contributed by atoms with Gasteiger partial charge in [0.2, 0.25) is 5.91 Å². The molecule has 3 N–H and O–H groups in total. The Morgan fingerprint density at radius 3 is 2.72 bits per heavy atom. The van der Waals surface area contributed by atoms with E-state index in [1.165, 1.54) is 12.4 Å². The normalized spacial score (nSPS) is 10.3. The van der Waals surface area contributed by atoms with Crippen LogP contribution in [0.2, 0.25) is 0 Å². The summed E-state index contributed by atoms with van der Waals surface area (Å²) in [5, 5.41) is 7.95. The van der Waals surface area contributed by atoms with E-state index in [0.29, 0.717) is 17.8 Å². The molecule has 0 saturated heterocycles. The number of hydrogen-bond acceptors (Lipinski definition) is 3. The van der Waals surface area contributed by atoms with Crippen molar-refractivity contribution in [3.8, 4) is 5.69 Å². The van der Waals surface area contributed by atoms with Crippen molar-refractivity contribution in [2.45, 2.75) is 26.3 Å². The largest absolute Gasteiger partial charge is 0.356 e. The summed E-state index contributed by atoms with van der Waals surface area (Å²) in [5.41, 5.74) is 1.03. The van der Waals surface area contributed by atoms with E-state index in [-0.39, 0.29) is 25.4 Å². The molecule has 0 saturated carbocycles. The second kappa shape index (κ2) is 9.41. The Balaban J connectivity index is 1.74. The maximum absolute atomic E-state index is 14.1. The molecule has 0 radical (unpaired) electrons. The molecule has 0 atom stereocenters. The standard InChI is InChI=1S/C17H22FN5O2/c1-2-6-20-16(24)5-7-21-17(25)22-11-13-3-4-15(14(18)10-13)23-9-8-19-12-23/h3-4,8-10,12H,2,5-7,11H2,1H3,(H,20,24)(H2,21,22,25). The lowest BCUT2D eigenvalue weighted by Crippen LogP contribution is -2.37. The third kappa shape index (κ3) is 5.91. The zero-order chi connectivity index (χ0) is 18.1. The number of urea groups is 1. The minimum atomic E-state index is -0.401. The number of nitrogens with zero attached hydrogens (tertiary/aromatic N) is 2. The zero-order valence-electron chi connectivity index (χ0n) is 14.1. The van der Waals surface area contributed by atoms with Gasteiger partial charge in [0.15, 0.2) is 0 Å². The van der Waals surface area contributed by atoms with Crippen molar-refractivity contribution >= 4 is 11.9 Å². The number of carbonyl (C=O) groups is 2. The minimum Gasteiger partial charge on any atom is -0.356 e. The van der Waals surface area contributed by atoms with Gasteiger partial charge in [0.1, 0.15) is 5.82 Å². The second-order valence-electron chi connectivity index (χ2n) is 5.47. The van der Waals surface area contributed by atoms with Crippen LogP contribution in [-0.2, 0) is 11.3 Å². The van der Waals surface area contributed by atoms with Crippen LogP contribution in [0.1, 0.15) is 25.3 Å². The highest BCUT2D eigenvalue weighted by atomic mass is 19.1. The van der Waals surface area contributed by atoms with Crippen molar-refractivity contribution in [3.05, 3.63) is 48.3 Å². The van der Waals surface area contributed by atoms with Gasteiger partial charge in [0.25, 0.3) is 0 Å². The van der Waals surface area contributed by atoms with Crippen molar-refractivity contribution in [2.75, 3.05) is 13.1 Å². The van der Waals surface area contributed by atoms with E-state index in [1.807, 2.05) is 6.92 Å². The fraction of sp³-hybridized carbons (Fsp3) is 0.353. The summed E-state index contributed by atoms with van der Waals surface area (Å²) in [7, 11) is 0. The van der Waals surface area contributed by atoms with E-state index in [4.69, 9.17) is 0 Å². The average molecular weight is 347 g/mol. The topological polar surface area (TPSA) is 88.0 Å². The predicted octanol–water partition coefficient (Wildman–Crippen LogP) is 1.73. The summed E-state index contributed by atoms with van der Waals surface area (Å²) >= 11 is 0. The van der Waals surface area contributed by atoms with Crippen molar-refractivity contribution < 1.29 is 14.0 Å². The molecule has 8 heteroatoms. The molecule has 0 aliphatic rings. The first-order valence-corrected chi connectivity index (χ1v) is 8.15. The van der Waals surface area contributed by atoms with Crippen LogP contribution in [0.4, 0.5) is 9.18 Å². The van der Waals surface area contributed by atoms with Gasteiger partial charge < -0.3 is 20.5 Å². The number of carbonyl (C=O) groups excluding carboxylic acids is 2. The van der Waals surface area contributed by atoms with Gasteiger partial charge in [0.05, 0.1) is 12.0 Å². The molecule has 134 valence electrons. The van der Waals surface area contributed by atoms with Crippen LogP contribution in [0.15, 0.2) is 36.9 Å².